The monoisotopic (exact) mass is 275 g/mol. The lowest BCUT2D eigenvalue weighted by molar-refractivity contribution is -0.120. The Bertz CT molecular complexity index is 624. The van der Waals surface area contributed by atoms with Crippen LogP contribution in [0.15, 0.2) is 28.8 Å². The Kier molecular flexibility index (Phi) is 3.22. The lowest BCUT2D eigenvalue weighted by Gasteiger charge is -1.97. The number of likely N-dealkylation sites (N-methyl/N-ethyl adjacent to an activating group) is 1. The fraction of sp³-hybridized carbons (Fsp3) is 0.357. The van der Waals surface area contributed by atoms with Gasteiger partial charge in [0.2, 0.25) is 11.8 Å². The molecular weight excluding hydrogens is 261 g/mol. The summed E-state index contributed by atoms with van der Waals surface area (Å²) in [6.07, 6.45) is 1.03. The number of hydrogen-bond donors (Lipinski definition) is 1. The molecule has 20 heavy (non-hydrogen) atoms. The Labute approximate surface area is 115 Å². The summed E-state index contributed by atoms with van der Waals surface area (Å²) < 4.78 is 18.1. The Morgan fingerprint density at radius 2 is 2.15 bits per heavy atom. The molecule has 6 heteroatoms. The third-order valence-electron chi connectivity index (χ3n) is 3.49. The fourth-order valence-electron chi connectivity index (χ4n) is 2.27. The van der Waals surface area contributed by atoms with E-state index in [2.05, 4.69) is 15.5 Å². The van der Waals surface area contributed by atoms with E-state index >= 15 is 0 Å². The van der Waals surface area contributed by atoms with Crippen molar-refractivity contribution in [1.29, 1.82) is 0 Å². The van der Waals surface area contributed by atoms with E-state index in [9.17, 15) is 9.18 Å². The molecule has 3 rings (SSSR count). The Hall–Kier alpha value is -2.24. The fourth-order valence-corrected chi connectivity index (χ4v) is 2.27. The highest BCUT2D eigenvalue weighted by Gasteiger charge is 2.43. The first-order valence-electron chi connectivity index (χ1n) is 6.46. The van der Waals surface area contributed by atoms with Crippen molar-refractivity contribution in [2.24, 2.45) is 0 Å². The van der Waals surface area contributed by atoms with E-state index < -0.39 is 0 Å². The van der Waals surface area contributed by atoms with Crippen molar-refractivity contribution < 1.29 is 13.7 Å². The van der Waals surface area contributed by atoms with E-state index in [1.165, 1.54) is 12.1 Å². The normalized spacial score (nSPS) is 20.7. The maximum Gasteiger partial charge on any atom is 0.230 e. The minimum absolute atomic E-state index is 0.119. The minimum atomic E-state index is -0.239. The molecule has 1 aromatic heterocycles. The standard InChI is InChI=1S/C14H14FN3O2/c1-16-13(19)7-12-17-14(20-18-12)11-6-10(11)8-2-4-9(15)5-3-8/h2-5,10-11H,6-7H2,1H3,(H,16,19)/t10-,11+/m1/s1. The van der Waals surface area contributed by atoms with Crippen molar-refractivity contribution >= 4 is 5.91 Å². The van der Waals surface area contributed by atoms with Crippen LogP contribution < -0.4 is 5.32 Å². The summed E-state index contributed by atoms with van der Waals surface area (Å²) in [4.78, 5) is 15.5. The van der Waals surface area contributed by atoms with Crippen LogP contribution in [0.5, 0.6) is 0 Å². The smallest absolute Gasteiger partial charge is 0.230 e. The van der Waals surface area contributed by atoms with E-state index in [-0.39, 0.29) is 24.1 Å². The molecule has 1 amide bonds. The van der Waals surface area contributed by atoms with Gasteiger partial charge in [-0.05, 0) is 30.0 Å². The van der Waals surface area contributed by atoms with E-state index in [4.69, 9.17) is 4.52 Å². The van der Waals surface area contributed by atoms with Gasteiger partial charge in [0, 0.05) is 13.0 Å². The molecule has 1 saturated carbocycles. The van der Waals surface area contributed by atoms with Gasteiger partial charge in [0.05, 0.1) is 6.42 Å². The SMILES string of the molecule is CNC(=O)Cc1noc([C@H]2C[C@@H]2c2ccc(F)cc2)n1. The average Bonchev–Trinajstić information content (AvgIpc) is 3.12. The molecule has 1 aliphatic carbocycles. The van der Waals surface area contributed by atoms with Crippen molar-refractivity contribution in [3.63, 3.8) is 0 Å². The number of aromatic nitrogens is 2. The van der Waals surface area contributed by atoms with Crippen LogP contribution >= 0.6 is 0 Å². The van der Waals surface area contributed by atoms with Gasteiger partial charge in [-0.3, -0.25) is 4.79 Å². The van der Waals surface area contributed by atoms with E-state index in [0.29, 0.717) is 17.6 Å². The van der Waals surface area contributed by atoms with Gasteiger partial charge < -0.3 is 9.84 Å². The van der Waals surface area contributed by atoms with E-state index in [1.54, 1.807) is 19.2 Å². The third-order valence-corrected chi connectivity index (χ3v) is 3.49. The van der Waals surface area contributed by atoms with Crippen LogP contribution in [0.3, 0.4) is 0 Å². The Balaban J connectivity index is 1.67. The molecule has 2 atom stereocenters. The summed E-state index contributed by atoms with van der Waals surface area (Å²) in [5.74, 6) is 1.03. The quantitative estimate of drug-likeness (QED) is 0.923. The summed E-state index contributed by atoms with van der Waals surface area (Å²) in [6, 6.07) is 6.47. The molecule has 0 saturated heterocycles. The predicted molar refractivity (Wildman–Crippen MR) is 68.6 cm³/mol. The van der Waals surface area contributed by atoms with Gasteiger partial charge in [-0.15, -0.1) is 0 Å². The lowest BCUT2D eigenvalue weighted by atomic mass is 10.1. The molecule has 0 radical (unpaired) electrons. The molecule has 0 unspecified atom stereocenters. The van der Waals surface area contributed by atoms with Crippen LogP contribution in [0.4, 0.5) is 4.39 Å². The maximum atomic E-state index is 12.9. The first-order chi connectivity index (χ1) is 9.67. The highest BCUT2D eigenvalue weighted by molar-refractivity contribution is 5.77. The second-order valence-electron chi connectivity index (χ2n) is 4.90. The molecule has 1 aromatic carbocycles. The van der Waals surface area contributed by atoms with Crippen molar-refractivity contribution in [3.8, 4) is 0 Å². The molecule has 1 aliphatic rings. The average molecular weight is 275 g/mol. The zero-order valence-corrected chi connectivity index (χ0v) is 11.0. The molecule has 2 aromatic rings. The van der Waals surface area contributed by atoms with Gasteiger partial charge in [-0.1, -0.05) is 17.3 Å². The summed E-state index contributed by atoms with van der Waals surface area (Å²) in [6.45, 7) is 0. The molecule has 5 nitrogen and oxygen atoms in total. The summed E-state index contributed by atoms with van der Waals surface area (Å²) in [7, 11) is 1.56. The minimum Gasteiger partial charge on any atom is -0.359 e. The molecule has 1 fully saturated rings. The molecule has 1 N–H and O–H groups in total. The van der Waals surface area contributed by atoms with Gasteiger partial charge >= 0.3 is 0 Å². The molecular formula is C14H14FN3O2. The van der Waals surface area contributed by atoms with E-state index in [0.717, 1.165) is 12.0 Å². The number of nitrogens with zero attached hydrogens (tertiary/aromatic N) is 2. The van der Waals surface area contributed by atoms with Gasteiger partial charge in [-0.25, -0.2) is 4.39 Å². The molecule has 104 valence electrons. The molecule has 0 spiro atoms. The van der Waals surface area contributed by atoms with Crippen molar-refractivity contribution in [3.05, 3.63) is 47.4 Å². The Morgan fingerprint density at radius 3 is 2.85 bits per heavy atom. The number of nitrogens with one attached hydrogen (secondary N) is 1. The van der Waals surface area contributed by atoms with Crippen molar-refractivity contribution in [2.75, 3.05) is 7.05 Å². The number of carbonyl (C=O) groups excluding carboxylic acids is 1. The molecule has 0 bridgehead atoms. The number of amides is 1. The van der Waals surface area contributed by atoms with Gasteiger partial charge in [0.25, 0.3) is 0 Å². The van der Waals surface area contributed by atoms with Crippen LogP contribution in [0.1, 0.15) is 35.5 Å². The van der Waals surface area contributed by atoms with Crippen molar-refractivity contribution in [2.45, 2.75) is 24.7 Å². The zero-order valence-electron chi connectivity index (χ0n) is 11.0. The predicted octanol–water partition coefficient (Wildman–Crippen LogP) is 1.77. The highest BCUT2D eigenvalue weighted by atomic mass is 19.1. The van der Waals surface area contributed by atoms with Crippen LogP contribution in [0, 0.1) is 5.82 Å². The number of rotatable bonds is 4. The zero-order chi connectivity index (χ0) is 14.1. The maximum absolute atomic E-state index is 12.9. The summed E-state index contributed by atoms with van der Waals surface area (Å²) in [5.41, 5.74) is 1.07. The van der Waals surface area contributed by atoms with Gasteiger partial charge in [-0.2, -0.15) is 4.98 Å². The van der Waals surface area contributed by atoms with Crippen molar-refractivity contribution in [1.82, 2.24) is 15.5 Å². The number of hydrogen-bond acceptors (Lipinski definition) is 4. The number of carbonyl (C=O) groups is 1. The van der Waals surface area contributed by atoms with Crippen LogP contribution in [0.25, 0.3) is 0 Å². The number of benzene rings is 1. The summed E-state index contributed by atoms with van der Waals surface area (Å²) >= 11 is 0. The molecule has 1 heterocycles. The second-order valence-corrected chi connectivity index (χ2v) is 4.90. The van der Waals surface area contributed by atoms with Gasteiger partial charge in [0.15, 0.2) is 5.82 Å². The van der Waals surface area contributed by atoms with Crippen LogP contribution in [0.2, 0.25) is 0 Å². The third kappa shape index (κ3) is 2.54. The summed E-state index contributed by atoms with van der Waals surface area (Å²) in [5, 5.41) is 6.31. The topological polar surface area (TPSA) is 68.0 Å². The lowest BCUT2D eigenvalue weighted by Crippen LogP contribution is -2.20. The van der Waals surface area contributed by atoms with E-state index in [1.807, 2.05) is 0 Å². The highest BCUT2D eigenvalue weighted by Crippen LogP contribution is 2.53. The first-order valence-corrected chi connectivity index (χ1v) is 6.46. The Morgan fingerprint density at radius 1 is 1.40 bits per heavy atom. The largest absolute Gasteiger partial charge is 0.359 e. The van der Waals surface area contributed by atoms with Crippen LogP contribution in [-0.4, -0.2) is 23.1 Å². The molecule has 0 aliphatic heterocycles. The van der Waals surface area contributed by atoms with Crippen LogP contribution in [-0.2, 0) is 11.2 Å². The van der Waals surface area contributed by atoms with Gasteiger partial charge in [0.1, 0.15) is 5.82 Å². The number of halogens is 1. The first kappa shape index (κ1) is 12.8. The second kappa shape index (κ2) is 5.03.